The molecule has 24 heavy (non-hydrogen) atoms. The number of pyridine rings is 1. The fourth-order valence-electron chi connectivity index (χ4n) is 3.28. The van der Waals surface area contributed by atoms with Crippen molar-refractivity contribution < 1.29 is 4.79 Å². The van der Waals surface area contributed by atoms with Crippen LogP contribution in [0.15, 0.2) is 30.6 Å². The van der Waals surface area contributed by atoms with Crippen LogP contribution in [-0.4, -0.2) is 32.5 Å². The molecule has 2 aromatic heterocycles. The Labute approximate surface area is 143 Å². The molecule has 0 saturated carbocycles. The summed E-state index contributed by atoms with van der Waals surface area (Å²) in [6, 6.07) is 6.02. The van der Waals surface area contributed by atoms with Crippen LogP contribution in [0.25, 0.3) is 0 Å². The number of aromatic nitrogens is 3. The van der Waals surface area contributed by atoms with Gasteiger partial charge in [0.15, 0.2) is 0 Å². The van der Waals surface area contributed by atoms with E-state index in [4.69, 9.17) is 0 Å². The molecule has 1 fully saturated rings. The number of H-pyrrole nitrogens is 1. The minimum absolute atomic E-state index is 0.0237. The van der Waals surface area contributed by atoms with Gasteiger partial charge in [-0.05, 0) is 55.7 Å². The normalized spacial score (nSPS) is 18.1. The van der Waals surface area contributed by atoms with E-state index < -0.39 is 0 Å². The fraction of sp³-hybridized carbons (Fsp3) is 0.526. The number of amides is 1. The van der Waals surface area contributed by atoms with Crippen molar-refractivity contribution in [2.75, 3.05) is 6.54 Å². The Bertz CT molecular complexity index is 665. The molecule has 1 atom stereocenters. The zero-order chi connectivity index (χ0) is 16.9. The lowest BCUT2D eigenvalue weighted by molar-refractivity contribution is 0.0605. The highest BCUT2D eigenvalue weighted by atomic mass is 16.2. The zero-order valence-corrected chi connectivity index (χ0v) is 14.5. The lowest BCUT2D eigenvalue weighted by atomic mass is 9.96. The van der Waals surface area contributed by atoms with Gasteiger partial charge in [0.05, 0.1) is 6.04 Å². The van der Waals surface area contributed by atoms with Crippen LogP contribution >= 0.6 is 0 Å². The number of aromatic amines is 1. The van der Waals surface area contributed by atoms with E-state index in [1.165, 1.54) is 0 Å². The molecule has 3 rings (SSSR count). The smallest absolute Gasteiger partial charge is 0.274 e. The van der Waals surface area contributed by atoms with Crippen LogP contribution in [0.2, 0.25) is 0 Å². The van der Waals surface area contributed by atoms with Gasteiger partial charge >= 0.3 is 0 Å². The summed E-state index contributed by atoms with van der Waals surface area (Å²) in [4.78, 5) is 19.1. The van der Waals surface area contributed by atoms with Crippen LogP contribution in [0, 0.1) is 5.92 Å². The molecule has 0 unspecified atom stereocenters. The van der Waals surface area contributed by atoms with E-state index in [1.54, 1.807) is 6.20 Å². The molecule has 1 N–H and O–H groups in total. The minimum atomic E-state index is 0.0237. The summed E-state index contributed by atoms with van der Waals surface area (Å²) in [5, 5.41) is 7.29. The van der Waals surface area contributed by atoms with Gasteiger partial charge in [-0.3, -0.25) is 14.9 Å². The van der Waals surface area contributed by atoms with Crippen LogP contribution in [0.5, 0.6) is 0 Å². The Morgan fingerprint density at radius 2 is 2.29 bits per heavy atom. The number of rotatable bonds is 5. The molecule has 0 radical (unpaired) electrons. The first kappa shape index (κ1) is 16.7. The van der Waals surface area contributed by atoms with Crippen molar-refractivity contribution in [3.05, 3.63) is 47.5 Å². The zero-order valence-electron chi connectivity index (χ0n) is 14.5. The third-order valence-electron chi connectivity index (χ3n) is 4.67. The average molecular weight is 326 g/mol. The number of carbonyl (C=O) groups is 1. The van der Waals surface area contributed by atoms with Gasteiger partial charge in [0.1, 0.15) is 5.69 Å². The molecular formula is C19H26N4O. The number of hydrogen-bond acceptors (Lipinski definition) is 3. The number of nitrogens with zero attached hydrogens (tertiary/aromatic N) is 3. The van der Waals surface area contributed by atoms with Crippen LogP contribution < -0.4 is 0 Å². The first-order valence-electron chi connectivity index (χ1n) is 8.90. The van der Waals surface area contributed by atoms with Crippen LogP contribution in [0.3, 0.4) is 0 Å². The van der Waals surface area contributed by atoms with Gasteiger partial charge in [0.25, 0.3) is 5.91 Å². The van der Waals surface area contributed by atoms with Gasteiger partial charge in [-0.2, -0.15) is 5.10 Å². The summed E-state index contributed by atoms with van der Waals surface area (Å²) in [7, 11) is 0. The molecule has 1 aliphatic heterocycles. The lowest BCUT2D eigenvalue weighted by Crippen LogP contribution is -2.38. The fourth-order valence-corrected chi connectivity index (χ4v) is 3.28. The van der Waals surface area contributed by atoms with Gasteiger partial charge in [-0.1, -0.05) is 19.9 Å². The molecule has 0 bridgehead atoms. The van der Waals surface area contributed by atoms with Gasteiger partial charge < -0.3 is 4.90 Å². The molecule has 5 heteroatoms. The average Bonchev–Trinajstić information content (AvgIpc) is 3.09. The van der Waals surface area contributed by atoms with E-state index in [0.717, 1.165) is 49.9 Å². The number of hydrogen-bond donors (Lipinski definition) is 1. The van der Waals surface area contributed by atoms with Crippen molar-refractivity contribution >= 4 is 5.91 Å². The monoisotopic (exact) mass is 326 g/mol. The predicted molar refractivity (Wildman–Crippen MR) is 93.6 cm³/mol. The molecule has 1 saturated heterocycles. The first-order chi connectivity index (χ1) is 11.6. The molecule has 2 aromatic rings. The van der Waals surface area contributed by atoms with Crippen molar-refractivity contribution in [2.45, 2.75) is 52.0 Å². The summed E-state index contributed by atoms with van der Waals surface area (Å²) in [5.41, 5.74) is 2.69. The van der Waals surface area contributed by atoms with Crippen molar-refractivity contribution in [2.24, 2.45) is 5.92 Å². The molecule has 0 aliphatic carbocycles. The van der Waals surface area contributed by atoms with Crippen molar-refractivity contribution in [1.29, 1.82) is 0 Å². The summed E-state index contributed by atoms with van der Waals surface area (Å²) in [6.45, 7) is 5.19. The van der Waals surface area contributed by atoms with Crippen LogP contribution in [0.1, 0.15) is 67.3 Å². The number of nitrogens with one attached hydrogen (secondary N) is 1. The SMILES string of the molecule is CC(C)CCc1cc(C(=O)N2CCCC[C@H]2c2cccnc2)n[nH]1. The molecule has 5 nitrogen and oxygen atoms in total. The first-order valence-corrected chi connectivity index (χ1v) is 8.90. The summed E-state index contributed by atoms with van der Waals surface area (Å²) in [6.07, 6.45) is 8.85. The number of piperidine rings is 1. The van der Waals surface area contributed by atoms with E-state index in [2.05, 4.69) is 35.1 Å². The summed E-state index contributed by atoms with van der Waals surface area (Å²) >= 11 is 0. The van der Waals surface area contributed by atoms with Gasteiger partial charge in [-0.15, -0.1) is 0 Å². The predicted octanol–water partition coefficient (Wildman–Crippen LogP) is 3.76. The number of aryl methyl sites for hydroxylation is 1. The van der Waals surface area contributed by atoms with Gasteiger partial charge in [0.2, 0.25) is 0 Å². The third kappa shape index (κ3) is 3.83. The van der Waals surface area contributed by atoms with Crippen LogP contribution in [0.4, 0.5) is 0 Å². The summed E-state index contributed by atoms with van der Waals surface area (Å²) in [5.74, 6) is 0.667. The Kier molecular flexibility index (Phi) is 5.28. The molecule has 1 amide bonds. The maximum Gasteiger partial charge on any atom is 0.274 e. The van der Waals surface area contributed by atoms with Gasteiger partial charge in [-0.25, -0.2) is 0 Å². The molecule has 128 valence electrons. The quantitative estimate of drug-likeness (QED) is 0.910. The van der Waals surface area contributed by atoms with Crippen molar-refractivity contribution in [3.63, 3.8) is 0 Å². The maximum absolute atomic E-state index is 13.0. The second-order valence-electron chi connectivity index (χ2n) is 7.01. The van der Waals surface area contributed by atoms with E-state index in [9.17, 15) is 4.79 Å². The largest absolute Gasteiger partial charge is 0.330 e. The van der Waals surface area contributed by atoms with E-state index >= 15 is 0 Å². The minimum Gasteiger partial charge on any atom is -0.330 e. The van der Waals surface area contributed by atoms with Crippen molar-refractivity contribution in [3.8, 4) is 0 Å². The van der Waals surface area contributed by atoms with E-state index in [0.29, 0.717) is 11.6 Å². The third-order valence-corrected chi connectivity index (χ3v) is 4.67. The Hall–Kier alpha value is -2.17. The molecule has 0 aromatic carbocycles. The Balaban J connectivity index is 1.75. The molecule has 1 aliphatic rings. The highest BCUT2D eigenvalue weighted by Crippen LogP contribution is 2.31. The molecule has 0 spiro atoms. The second kappa shape index (κ2) is 7.60. The number of likely N-dealkylation sites (tertiary alicyclic amines) is 1. The summed E-state index contributed by atoms with van der Waals surface area (Å²) < 4.78 is 0. The number of carbonyl (C=O) groups excluding carboxylic acids is 1. The highest BCUT2D eigenvalue weighted by Gasteiger charge is 2.30. The second-order valence-corrected chi connectivity index (χ2v) is 7.01. The van der Waals surface area contributed by atoms with E-state index in [-0.39, 0.29) is 11.9 Å². The lowest BCUT2D eigenvalue weighted by Gasteiger charge is -2.35. The Morgan fingerprint density at radius 1 is 1.42 bits per heavy atom. The van der Waals surface area contributed by atoms with E-state index in [1.807, 2.05) is 23.2 Å². The standard InChI is InChI=1S/C19H26N4O/c1-14(2)8-9-16-12-17(22-21-16)19(24)23-11-4-3-7-18(23)15-6-5-10-20-13-15/h5-6,10,12-14,18H,3-4,7-9,11H2,1-2H3,(H,21,22)/t18-/m0/s1. The van der Waals surface area contributed by atoms with Crippen molar-refractivity contribution in [1.82, 2.24) is 20.1 Å². The van der Waals surface area contributed by atoms with Gasteiger partial charge in [0, 0.05) is 24.6 Å². The molecule has 3 heterocycles. The van der Waals surface area contributed by atoms with Crippen LogP contribution in [-0.2, 0) is 6.42 Å². The molecular weight excluding hydrogens is 300 g/mol. The topological polar surface area (TPSA) is 61.9 Å². The maximum atomic E-state index is 13.0. The highest BCUT2D eigenvalue weighted by molar-refractivity contribution is 5.92. The Morgan fingerprint density at radius 3 is 3.04 bits per heavy atom.